The number of phenolic OH excluding ortho intramolecular Hbond substituents is 1. The molecule has 0 aliphatic heterocycles. The molecular formula is C30H33N5O2. The molecule has 0 bridgehead atoms. The average molecular weight is 496 g/mol. The van der Waals surface area contributed by atoms with Crippen molar-refractivity contribution in [3.63, 3.8) is 0 Å². The monoisotopic (exact) mass is 495 g/mol. The highest BCUT2D eigenvalue weighted by Crippen LogP contribution is 2.39. The fraction of sp³-hybridized carbons (Fsp3) is 0.233. The van der Waals surface area contributed by atoms with E-state index in [2.05, 4.69) is 34.9 Å². The van der Waals surface area contributed by atoms with Gasteiger partial charge >= 0.3 is 0 Å². The summed E-state index contributed by atoms with van der Waals surface area (Å²) < 4.78 is 0. The summed E-state index contributed by atoms with van der Waals surface area (Å²) in [5.74, 6) is -0.725. The molecule has 0 spiro atoms. The van der Waals surface area contributed by atoms with Crippen molar-refractivity contribution in [3.05, 3.63) is 96.1 Å². The second-order valence-electron chi connectivity index (χ2n) is 9.19. The van der Waals surface area contributed by atoms with Gasteiger partial charge in [-0.3, -0.25) is 15.6 Å². The van der Waals surface area contributed by atoms with Crippen molar-refractivity contribution in [2.24, 2.45) is 16.0 Å². The number of hydrazine groups is 1. The van der Waals surface area contributed by atoms with Crippen LogP contribution in [0, 0.1) is 0 Å². The van der Waals surface area contributed by atoms with Crippen molar-refractivity contribution in [1.82, 2.24) is 5.43 Å². The van der Waals surface area contributed by atoms with E-state index in [1.165, 1.54) is 0 Å². The topological polar surface area (TPSA) is 112 Å². The van der Waals surface area contributed by atoms with E-state index in [1.807, 2.05) is 78.9 Å². The Hall–Kier alpha value is -4.23. The normalized spacial score (nSPS) is 11.6. The molecule has 7 heteroatoms. The molecule has 4 rings (SSSR count). The lowest BCUT2D eigenvalue weighted by molar-refractivity contribution is 0.0960. The van der Waals surface area contributed by atoms with Crippen LogP contribution in [0.25, 0.3) is 10.8 Å². The van der Waals surface area contributed by atoms with Crippen molar-refractivity contribution in [2.75, 3.05) is 5.43 Å². The molecule has 1 amide bonds. The van der Waals surface area contributed by atoms with Gasteiger partial charge in [0.25, 0.3) is 5.91 Å². The molecule has 4 aromatic carbocycles. The Labute approximate surface area is 217 Å². The summed E-state index contributed by atoms with van der Waals surface area (Å²) in [5.41, 5.74) is 14.6. The fourth-order valence-electron chi connectivity index (χ4n) is 4.58. The first-order valence-corrected chi connectivity index (χ1v) is 12.6. The van der Waals surface area contributed by atoms with Gasteiger partial charge in [-0.05, 0) is 54.1 Å². The van der Waals surface area contributed by atoms with Crippen LogP contribution >= 0.6 is 0 Å². The van der Waals surface area contributed by atoms with Crippen LogP contribution in [0.15, 0.2) is 95.2 Å². The van der Waals surface area contributed by atoms with Gasteiger partial charge in [-0.25, -0.2) is 0 Å². The largest absolute Gasteiger partial charge is 0.505 e. The van der Waals surface area contributed by atoms with Gasteiger partial charge in [0, 0.05) is 10.9 Å². The number of carbonyl (C=O) groups is 1. The Balaban J connectivity index is 1.63. The van der Waals surface area contributed by atoms with Gasteiger partial charge in [0.15, 0.2) is 5.75 Å². The van der Waals surface area contributed by atoms with E-state index in [0.717, 1.165) is 42.3 Å². The lowest BCUT2D eigenvalue weighted by Crippen LogP contribution is -2.36. The van der Waals surface area contributed by atoms with E-state index in [-0.39, 0.29) is 22.5 Å². The van der Waals surface area contributed by atoms with Crippen molar-refractivity contribution in [2.45, 2.75) is 45.1 Å². The number of fused-ring (bicyclic) bond motifs is 1. The van der Waals surface area contributed by atoms with Gasteiger partial charge in [-0.1, -0.05) is 81.3 Å². The Bertz CT molecular complexity index is 1380. The summed E-state index contributed by atoms with van der Waals surface area (Å²) in [7, 11) is 0. The zero-order valence-corrected chi connectivity index (χ0v) is 21.2. The number of para-hydroxylation sites is 1. The predicted octanol–water partition coefficient (Wildman–Crippen LogP) is 7.47. The molecule has 5 N–H and O–H groups in total. The Kier molecular flexibility index (Phi) is 8.15. The smallest absolute Gasteiger partial charge is 0.273 e. The van der Waals surface area contributed by atoms with Gasteiger partial charge in [0.2, 0.25) is 0 Å². The van der Waals surface area contributed by atoms with Crippen molar-refractivity contribution >= 4 is 33.7 Å². The van der Waals surface area contributed by atoms with Crippen LogP contribution in [-0.4, -0.2) is 11.0 Å². The van der Waals surface area contributed by atoms with E-state index < -0.39 is 5.91 Å². The zero-order chi connectivity index (χ0) is 26.3. The standard InChI is InChI=1S/C30H33N5O2/c1-3-18-30(31,19-4-2)22-14-16-24(17-15-22)32-34-27-25-13-9-8-10-21(25)20-26(28(27)36)29(37)35-33-23-11-6-5-7-12-23/h5-17,20,33,36H,3-4,18-19,31H2,1-2H3,(H,35,37). The van der Waals surface area contributed by atoms with Crippen LogP contribution < -0.4 is 16.6 Å². The van der Waals surface area contributed by atoms with Crippen molar-refractivity contribution in [1.29, 1.82) is 0 Å². The van der Waals surface area contributed by atoms with Crippen LogP contribution in [-0.2, 0) is 5.54 Å². The van der Waals surface area contributed by atoms with Crippen LogP contribution in [0.1, 0.15) is 55.5 Å². The SMILES string of the molecule is CCCC(N)(CCC)c1ccc(N=Nc2c(O)c(C(=O)NNc3ccccc3)cc3ccccc23)cc1. The summed E-state index contributed by atoms with van der Waals surface area (Å²) in [6.45, 7) is 4.28. The number of hydrogen-bond acceptors (Lipinski definition) is 6. The molecule has 0 heterocycles. The molecule has 0 saturated carbocycles. The zero-order valence-electron chi connectivity index (χ0n) is 21.2. The second-order valence-corrected chi connectivity index (χ2v) is 9.19. The summed E-state index contributed by atoms with van der Waals surface area (Å²) in [6, 6.07) is 26.1. The molecule has 0 unspecified atom stereocenters. The van der Waals surface area contributed by atoms with Crippen LogP contribution in [0.4, 0.5) is 17.1 Å². The van der Waals surface area contributed by atoms with E-state index in [4.69, 9.17) is 5.73 Å². The third kappa shape index (κ3) is 5.95. The van der Waals surface area contributed by atoms with E-state index >= 15 is 0 Å². The summed E-state index contributed by atoms with van der Waals surface area (Å²) >= 11 is 0. The number of nitrogens with zero attached hydrogens (tertiary/aromatic N) is 2. The molecule has 0 saturated heterocycles. The molecule has 4 aromatic rings. The van der Waals surface area contributed by atoms with Crippen LogP contribution in [0.2, 0.25) is 0 Å². The highest BCUT2D eigenvalue weighted by Gasteiger charge is 2.25. The molecule has 0 aromatic heterocycles. The molecule has 190 valence electrons. The second kappa shape index (κ2) is 11.7. The van der Waals surface area contributed by atoms with Crippen LogP contribution in [0.3, 0.4) is 0 Å². The van der Waals surface area contributed by atoms with Gasteiger partial charge in [0.05, 0.1) is 16.9 Å². The molecule has 0 radical (unpaired) electrons. The fourth-order valence-corrected chi connectivity index (χ4v) is 4.58. The van der Waals surface area contributed by atoms with Gasteiger partial charge in [0.1, 0.15) is 5.69 Å². The Morgan fingerprint density at radius 3 is 2.22 bits per heavy atom. The molecular weight excluding hydrogens is 462 g/mol. The number of azo groups is 1. The number of rotatable bonds is 10. The molecule has 0 aliphatic carbocycles. The number of nitrogens with one attached hydrogen (secondary N) is 2. The third-order valence-electron chi connectivity index (χ3n) is 6.43. The predicted molar refractivity (Wildman–Crippen MR) is 149 cm³/mol. The average Bonchev–Trinajstić information content (AvgIpc) is 2.92. The maximum Gasteiger partial charge on any atom is 0.273 e. The Morgan fingerprint density at radius 1 is 0.892 bits per heavy atom. The molecule has 0 atom stereocenters. The lowest BCUT2D eigenvalue weighted by atomic mass is 9.83. The minimum absolute atomic E-state index is 0.0958. The van der Waals surface area contributed by atoms with Gasteiger partial charge < -0.3 is 10.8 Å². The number of aromatic hydroxyl groups is 1. The number of carbonyl (C=O) groups excluding carboxylic acids is 1. The maximum absolute atomic E-state index is 12.9. The van der Waals surface area contributed by atoms with Crippen LogP contribution in [0.5, 0.6) is 5.75 Å². The summed E-state index contributed by atoms with van der Waals surface area (Å²) in [6.07, 6.45) is 3.84. The minimum Gasteiger partial charge on any atom is -0.505 e. The molecule has 7 nitrogen and oxygen atoms in total. The highest BCUT2D eigenvalue weighted by molar-refractivity contribution is 6.07. The quantitative estimate of drug-likeness (QED) is 0.135. The van der Waals surface area contributed by atoms with Crippen molar-refractivity contribution < 1.29 is 9.90 Å². The minimum atomic E-state index is -0.487. The summed E-state index contributed by atoms with van der Waals surface area (Å²) in [4.78, 5) is 12.9. The molecule has 0 aliphatic rings. The van der Waals surface area contributed by atoms with Gasteiger partial charge in [-0.2, -0.15) is 5.11 Å². The molecule has 0 fully saturated rings. The lowest BCUT2D eigenvalue weighted by Gasteiger charge is -2.29. The number of hydrogen-bond donors (Lipinski definition) is 4. The van der Waals surface area contributed by atoms with E-state index in [1.54, 1.807) is 6.07 Å². The summed E-state index contributed by atoms with van der Waals surface area (Å²) in [5, 5.41) is 21.2. The first-order chi connectivity index (χ1) is 17.9. The van der Waals surface area contributed by atoms with E-state index in [9.17, 15) is 9.90 Å². The number of nitrogens with two attached hydrogens (primary N) is 1. The number of anilines is 1. The first kappa shape index (κ1) is 25.9. The third-order valence-corrected chi connectivity index (χ3v) is 6.43. The number of benzene rings is 4. The first-order valence-electron chi connectivity index (χ1n) is 12.6. The van der Waals surface area contributed by atoms with E-state index in [0.29, 0.717) is 11.1 Å². The molecule has 37 heavy (non-hydrogen) atoms. The highest BCUT2D eigenvalue weighted by atomic mass is 16.3. The maximum atomic E-state index is 12.9. The Morgan fingerprint density at radius 2 is 1.54 bits per heavy atom. The van der Waals surface area contributed by atoms with Crippen molar-refractivity contribution in [3.8, 4) is 5.75 Å². The number of phenols is 1. The number of amides is 1. The van der Waals surface area contributed by atoms with Gasteiger partial charge in [-0.15, -0.1) is 5.11 Å².